The first kappa shape index (κ1) is 13.3. The van der Waals surface area contributed by atoms with Crippen molar-refractivity contribution < 1.29 is 9.90 Å². The summed E-state index contributed by atoms with van der Waals surface area (Å²) in [4.78, 5) is 18.9. The number of hydrogen-bond donors (Lipinski definition) is 2. The predicted molar refractivity (Wildman–Crippen MR) is 72.5 cm³/mol. The van der Waals surface area contributed by atoms with Crippen molar-refractivity contribution in [2.24, 2.45) is 0 Å². The van der Waals surface area contributed by atoms with E-state index in [1.807, 2.05) is 6.92 Å². The first-order valence-electron chi connectivity index (χ1n) is 5.60. The molecule has 0 atom stereocenters. The van der Waals surface area contributed by atoms with E-state index in [9.17, 15) is 4.79 Å². The average Bonchev–Trinajstić information content (AvgIpc) is 2.37. The van der Waals surface area contributed by atoms with Crippen LogP contribution in [0.15, 0.2) is 30.6 Å². The van der Waals surface area contributed by atoms with Crippen molar-refractivity contribution in [1.82, 2.24) is 9.97 Å². The summed E-state index contributed by atoms with van der Waals surface area (Å²) < 4.78 is 0. The molecule has 1 aromatic carbocycles. The van der Waals surface area contributed by atoms with Gasteiger partial charge in [0.05, 0.1) is 18.0 Å². The normalized spacial score (nSPS) is 10.2. The molecular weight excluding hydrogens is 266 g/mol. The second-order valence-electron chi connectivity index (χ2n) is 4.03. The van der Waals surface area contributed by atoms with E-state index in [-0.39, 0.29) is 5.56 Å². The Bertz CT molecular complexity index is 617. The molecule has 0 saturated heterocycles. The predicted octanol–water partition coefficient (Wildman–Crippen LogP) is 2.75. The van der Waals surface area contributed by atoms with E-state index < -0.39 is 5.97 Å². The number of aromatic nitrogens is 2. The maximum absolute atomic E-state index is 10.9. The summed E-state index contributed by atoms with van der Waals surface area (Å²) in [6.45, 7) is 2.38. The van der Waals surface area contributed by atoms with Gasteiger partial charge in [0.2, 0.25) is 0 Å². The lowest BCUT2D eigenvalue weighted by molar-refractivity contribution is 0.0697. The van der Waals surface area contributed by atoms with E-state index in [2.05, 4.69) is 15.3 Å². The van der Waals surface area contributed by atoms with Gasteiger partial charge < -0.3 is 10.4 Å². The molecule has 0 aliphatic rings. The summed E-state index contributed by atoms with van der Waals surface area (Å²) in [5.41, 5.74) is 2.16. The third-order valence-corrected chi connectivity index (χ3v) is 2.84. The first-order valence-corrected chi connectivity index (χ1v) is 5.98. The van der Waals surface area contributed by atoms with E-state index in [0.717, 1.165) is 11.1 Å². The van der Waals surface area contributed by atoms with E-state index in [1.165, 1.54) is 6.20 Å². The van der Waals surface area contributed by atoms with Gasteiger partial charge in [0.25, 0.3) is 0 Å². The number of nitrogens with zero attached hydrogens (tertiary/aromatic N) is 2. The van der Waals surface area contributed by atoms with E-state index in [1.54, 1.807) is 24.4 Å². The molecule has 1 aromatic heterocycles. The van der Waals surface area contributed by atoms with Crippen LogP contribution in [0.3, 0.4) is 0 Å². The van der Waals surface area contributed by atoms with Gasteiger partial charge in [0.15, 0.2) is 0 Å². The summed E-state index contributed by atoms with van der Waals surface area (Å²) in [6.07, 6.45) is 3.01. The molecule has 0 unspecified atom stereocenters. The maximum Gasteiger partial charge on any atom is 0.335 e. The molecule has 2 N–H and O–H groups in total. The number of carboxylic acids is 1. The number of aromatic carboxylic acids is 1. The van der Waals surface area contributed by atoms with Crippen LogP contribution >= 0.6 is 11.6 Å². The number of halogens is 1. The van der Waals surface area contributed by atoms with Crippen LogP contribution in [0, 0.1) is 6.92 Å². The number of hydrogen-bond acceptors (Lipinski definition) is 4. The molecule has 19 heavy (non-hydrogen) atoms. The highest BCUT2D eigenvalue weighted by Crippen LogP contribution is 2.14. The van der Waals surface area contributed by atoms with Crippen LogP contribution in [-0.2, 0) is 6.54 Å². The largest absolute Gasteiger partial charge is 0.478 e. The van der Waals surface area contributed by atoms with Crippen molar-refractivity contribution in [2.45, 2.75) is 13.5 Å². The molecule has 0 radical (unpaired) electrons. The fourth-order valence-corrected chi connectivity index (χ4v) is 1.76. The van der Waals surface area contributed by atoms with Crippen molar-refractivity contribution in [3.63, 3.8) is 0 Å². The summed E-state index contributed by atoms with van der Waals surface area (Å²) in [6, 6.07) is 5.01. The lowest BCUT2D eigenvalue weighted by Gasteiger charge is -2.09. The zero-order valence-corrected chi connectivity index (χ0v) is 11.0. The van der Waals surface area contributed by atoms with Crippen molar-refractivity contribution in [3.05, 3.63) is 52.4 Å². The minimum atomic E-state index is -0.941. The van der Waals surface area contributed by atoms with Gasteiger partial charge in [-0.25, -0.2) is 9.78 Å². The number of carboxylic acid groups (broad SMARTS) is 1. The van der Waals surface area contributed by atoms with E-state index >= 15 is 0 Å². The van der Waals surface area contributed by atoms with Crippen LogP contribution in [-0.4, -0.2) is 21.0 Å². The highest BCUT2D eigenvalue weighted by Gasteiger charge is 2.06. The van der Waals surface area contributed by atoms with Gasteiger partial charge in [-0.05, 0) is 30.2 Å². The lowest BCUT2D eigenvalue weighted by atomic mass is 10.1. The Morgan fingerprint density at radius 2 is 2.21 bits per heavy atom. The van der Waals surface area contributed by atoms with Crippen LogP contribution < -0.4 is 5.32 Å². The molecule has 0 amide bonds. The SMILES string of the molecule is Cc1ccc(C(=O)O)cc1CNc1cncc(Cl)n1. The quantitative estimate of drug-likeness (QED) is 0.899. The molecule has 6 heteroatoms. The summed E-state index contributed by atoms with van der Waals surface area (Å²) >= 11 is 5.73. The molecule has 1 heterocycles. The molecule has 0 fully saturated rings. The molecule has 98 valence electrons. The summed E-state index contributed by atoms with van der Waals surface area (Å²) in [5.74, 6) is -0.392. The Morgan fingerprint density at radius 3 is 2.89 bits per heavy atom. The van der Waals surface area contributed by atoms with Gasteiger partial charge in [-0.3, -0.25) is 4.98 Å². The zero-order chi connectivity index (χ0) is 13.8. The van der Waals surface area contributed by atoms with Crippen molar-refractivity contribution in [3.8, 4) is 0 Å². The second kappa shape index (κ2) is 5.67. The molecule has 0 aliphatic heterocycles. The zero-order valence-electron chi connectivity index (χ0n) is 10.2. The second-order valence-corrected chi connectivity index (χ2v) is 4.41. The van der Waals surface area contributed by atoms with Crippen molar-refractivity contribution in [1.29, 1.82) is 0 Å². The van der Waals surface area contributed by atoms with Crippen molar-refractivity contribution in [2.75, 3.05) is 5.32 Å². The Labute approximate surface area is 115 Å². The Hall–Kier alpha value is -2.14. The molecule has 5 nitrogen and oxygen atoms in total. The number of aryl methyl sites for hydroxylation is 1. The topological polar surface area (TPSA) is 75.1 Å². The molecule has 0 aliphatic carbocycles. The molecule has 0 bridgehead atoms. The Morgan fingerprint density at radius 1 is 1.42 bits per heavy atom. The van der Waals surface area contributed by atoms with Gasteiger partial charge in [-0.15, -0.1) is 0 Å². The van der Waals surface area contributed by atoms with E-state index in [4.69, 9.17) is 16.7 Å². The summed E-state index contributed by atoms with van der Waals surface area (Å²) in [7, 11) is 0. The third kappa shape index (κ3) is 3.42. The monoisotopic (exact) mass is 277 g/mol. The van der Waals surface area contributed by atoms with Crippen LogP contribution in [0.4, 0.5) is 5.82 Å². The van der Waals surface area contributed by atoms with Gasteiger partial charge in [-0.1, -0.05) is 17.7 Å². The first-order chi connectivity index (χ1) is 9.06. The van der Waals surface area contributed by atoms with Crippen LogP contribution in [0.25, 0.3) is 0 Å². The highest BCUT2D eigenvalue weighted by molar-refractivity contribution is 6.29. The molecule has 0 saturated carbocycles. The maximum atomic E-state index is 10.9. The minimum Gasteiger partial charge on any atom is -0.478 e. The Kier molecular flexibility index (Phi) is 3.97. The minimum absolute atomic E-state index is 0.263. The molecule has 2 rings (SSSR count). The number of anilines is 1. The lowest BCUT2D eigenvalue weighted by Crippen LogP contribution is -2.05. The van der Waals surface area contributed by atoms with Gasteiger partial charge in [-0.2, -0.15) is 0 Å². The van der Waals surface area contributed by atoms with Crippen LogP contribution in [0.5, 0.6) is 0 Å². The summed E-state index contributed by atoms with van der Waals surface area (Å²) in [5, 5.41) is 12.3. The molecule has 0 spiro atoms. The van der Waals surface area contributed by atoms with Gasteiger partial charge in [0, 0.05) is 6.54 Å². The fraction of sp³-hybridized carbons (Fsp3) is 0.154. The number of rotatable bonds is 4. The standard InChI is InChI=1S/C13H12ClN3O2/c1-8-2-3-9(13(18)19)4-10(8)5-16-12-7-15-6-11(14)17-12/h2-4,6-7H,5H2,1H3,(H,16,17)(H,18,19). The van der Waals surface area contributed by atoms with Crippen LogP contribution in [0.1, 0.15) is 21.5 Å². The number of nitrogens with one attached hydrogen (secondary N) is 1. The highest BCUT2D eigenvalue weighted by atomic mass is 35.5. The van der Waals surface area contributed by atoms with Gasteiger partial charge in [0.1, 0.15) is 11.0 Å². The van der Waals surface area contributed by atoms with Crippen LogP contribution in [0.2, 0.25) is 5.15 Å². The molecular formula is C13H12ClN3O2. The smallest absolute Gasteiger partial charge is 0.335 e. The average molecular weight is 278 g/mol. The number of carbonyl (C=O) groups is 1. The Balaban J connectivity index is 2.15. The molecule has 2 aromatic rings. The fourth-order valence-electron chi connectivity index (χ4n) is 1.61. The van der Waals surface area contributed by atoms with E-state index in [0.29, 0.717) is 17.5 Å². The van der Waals surface area contributed by atoms with Gasteiger partial charge >= 0.3 is 5.97 Å². The van der Waals surface area contributed by atoms with Crippen molar-refractivity contribution >= 4 is 23.4 Å². The number of benzene rings is 1. The third-order valence-electron chi connectivity index (χ3n) is 2.66.